The molecule has 0 aliphatic carbocycles. The van der Waals surface area contributed by atoms with Crippen LogP contribution < -0.4 is 15.4 Å². The second-order valence-corrected chi connectivity index (χ2v) is 7.65. The summed E-state index contributed by atoms with van der Waals surface area (Å²) < 4.78 is 11.0. The fourth-order valence-corrected chi connectivity index (χ4v) is 3.41. The van der Waals surface area contributed by atoms with Gasteiger partial charge in [0, 0.05) is 28.8 Å². The molecule has 0 saturated heterocycles. The average Bonchev–Trinajstić information content (AvgIpc) is 3.23. The highest BCUT2D eigenvalue weighted by Gasteiger charge is 2.16. The van der Waals surface area contributed by atoms with E-state index in [1.807, 2.05) is 6.92 Å². The largest absolute Gasteiger partial charge is 0.494 e. The molecular formula is C23H22Cl2N2O4. The minimum absolute atomic E-state index is 0.0825. The normalized spacial score (nSPS) is 10.6. The van der Waals surface area contributed by atoms with E-state index in [0.717, 1.165) is 12.8 Å². The number of benzene rings is 2. The monoisotopic (exact) mass is 460 g/mol. The molecule has 6 nitrogen and oxygen atoms in total. The fourth-order valence-electron chi connectivity index (χ4n) is 2.91. The minimum Gasteiger partial charge on any atom is -0.494 e. The van der Waals surface area contributed by atoms with Crippen molar-refractivity contribution in [3.63, 3.8) is 0 Å². The summed E-state index contributed by atoms with van der Waals surface area (Å²) in [6.07, 6.45) is 2.19. The van der Waals surface area contributed by atoms with E-state index < -0.39 is 5.91 Å². The molecule has 3 rings (SSSR count). The molecule has 0 aliphatic rings. The number of furan rings is 1. The zero-order valence-electron chi connectivity index (χ0n) is 17.1. The van der Waals surface area contributed by atoms with E-state index in [2.05, 4.69) is 10.6 Å². The molecule has 2 N–H and O–H groups in total. The minimum atomic E-state index is -0.432. The van der Waals surface area contributed by atoms with Gasteiger partial charge >= 0.3 is 0 Å². The number of hydrogen-bond donors (Lipinski definition) is 2. The predicted octanol–water partition coefficient (Wildman–Crippen LogP) is 6.64. The van der Waals surface area contributed by atoms with Gasteiger partial charge in [-0.1, -0.05) is 36.5 Å². The molecule has 0 bridgehead atoms. The third-order valence-corrected chi connectivity index (χ3v) is 5.07. The van der Waals surface area contributed by atoms with Gasteiger partial charge < -0.3 is 19.8 Å². The number of rotatable bonds is 8. The molecular weight excluding hydrogens is 439 g/mol. The second-order valence-electron chi connectivity index (χ2n) is 6.81. The van der Waals surface area contributed by atoms with Gasteiger partial charge in [0.2, 0.25) is 5.91 Å². The Hall–Kier alpha value is -2.96. The van der Waals surface area contributed by atoms with Crippen molar-refractivity contribution in [3.05, 3.63) is 64.3 Å². The van der Waals surface area contributed by atoms with Crippen LogP contribution in [0, 0.1) is 0 Å². The topological polar surface area (TPSA) is 80.6 Å². The van der Waals surface area contributed by atoms with Crippen molar-refractivity contribution >= 4 is 46.4 Å². The summed E-state index contributed by atoms with van der Waals surface area (Å²) in [4.78, 5) is 24.6. The quantitative estimate of drug-likeness (QED) is 0.394. The summed E-state index contributed by atoms with van der Waals surface area (Å²) in [5, 5.41) is 6.52. The lowest BCUT2D eigenvalue weighted by molar-refractivity contribution is -0.116. The van der Waals surface area contributed by atoms with Gasteiger partial charge in [-0.2, -0.15) is 0 Å². The molecule has 0 radical (unpaired) electrons. The number of nitrogens with one attached hydrogen (secondary N) is 2. The van der Waals surface area contributed by atoms with E-state index in [9.17, 15) is 9.59 Å². The third kappa shape index (κ3) is 5.81. The SMILES string of the molecule is CCCCC(=O)Nc1ccc(NC(=O)c2ccc(-c3ccc(Cl)cc3Cl)o2)cc1OC. The Kier molecular flexibility index (Phi) is 7.60. The Balaban J connectivity index is 1.72. The van der Waals surface area contributed by atoms with Gasteiger partial charge in [0.15, 0.2) is 5.76 Å². The number of carbonyl (C=O) groups excluding carboxylic acids is 2. The third-order valence-electron chi connectivity index (χ3n) is 4.52. The van der Waals surface area contributed by atoms with Gasteiger partial charge in [-0.15, -0.1) is 0 Å². The van der Waals surface area contributed by atoms with Crippen molar-refractivity contribution in [2.45, 2.75) is 26.2 Å². The molecule has 31 heavy (non-hydrogen) atoms. The molecule has 0 fully saturated rings. The Labute approximate surface area is 190 Å². The van der Waals surface area contributed by atoms with Crippen molar-refractivity contribution in [2.75, 3.05) is 17.7 Å². The molecule has 0 unspecified atom stereocenters. The van der Waals surface area contributed by atoms with Gasteiger partial charge in [0.25, 0.3) is 5.91 Å². The molecule has 2 aromatic carbocycles. The molecule has 3 aromatic rings. The fraction of sp³-hybridized carbons (Fsp3) is 0.217. The van der Waals surface area contributed by atoms with E-state index in [4.69, 9.17) is 32.4 Å². The molecule has 0 atom stereocenters. The van der Waals surface area contributed by atoms with Crippen LogP contribution in [0.25, 0.3) is 11.3 Å². The number of methoxy groups -OCH3 is 1. The van der Waals surface area contributed by atoms with Gasteiger partial charge in [-0.3, -0.25) is 9.59 Å². The molecule has 1 aromatic heterocycles. The number of carbonyl (C=O) groups is 2. The number of unbranched alkanes of at least 4 members (excludes halogenated alkanes) is 1. The van der Waals surface area contributed by atoms with Gasteiger partial charge in [0.1, 0.15) is 11.5 Å². The zero-order valence-corrected chi connectivity index (χ0v) is 18.6. The highest BCUT2D eigenvalue weighted by molar-refractivity contribution is 6.36. The lowest BCUT2D eigenvalue weighted by Crippen LogP contribution is -2.13. The van der Waals surface area contributed by atoms with Crippen LogP contribution in [0.4, 0.5) is 11.4 Å². The van der Waals surface area contributed by atoms with Crippen molar-refractivity contribution in [3.8, 4) is 17.1 Å². The standard InChI is InChI=1S/C23H22Cl2N2O4/c1-3-4-5-22(28)27-18-9-7-15(13-21(18)30-2)26-23(29)20-11-10-19(31-20)16-8-6-14(24)12-17(16)25/h6-13H,3-5H2,1-2H3,(H,26,29)(H,27,28). The molecule has 0 aliphatic heterocycles. The maximum Gasteiger partial charge on any atom is 0.291 e. The number of hydrogen-bond acceptors (Lipinski definition) is 4. The first-order chi connectivity index (χ1) is 14.9. The van der Waals surface area contributed by atoms with Crippen LogP contribution in [-0.2, 0) is 4.79 Å². The van der Waals surface area contributed by atoms with E-state index >= 15 is 0 Å². The van der Waals surface area contributed by atoms with Crippen LogP contribution in [0.15, 0.2) is 52.9 Å². The highest BCUT2D eigenvalue weighted by Crippen LogP contribution is 2.32. The first kappa shape index (κ1) is 22.7. The first-order valence-electron chi connectivity index (χ1n) is 9.75. The van der Waals surface area contributed by atoms with Crippen LogP contribution >= 0.6 is 23.2 Å². The lowest BCUT2D eigenvalue weighted by Gasteiger charge is -2.12. The highest BCUT2D eigenvalue weighted by atomic mass is 35.5. The van der Waals surface area contributed by atoms with Crippen LogP contribution in [0.3, 0.4) is 0 Å². The summed E-state index contributed by atoms with van der Waals surface area (Å²) in [5.41, 5.74) is 1.67. The van der Waals surface area contributed by atoms with Crippen LogP contribution in [0.5, 0.6) is 5.75 Å². The summed E-state index contributed by atoms with van der Waals surface area (Å²) in [6.45, 7) is 2.03. The maximum absolute atomic E-state index is 12.6. The average molecular weight is 461 g/mol. The van der Waals surface area contributed by atoms with Gasteiger partial charge in [-0.25, -0.2) is 0 Å². The summed E-state index contributed by atoms with van der Waals surface area (Å²) in [7, 11) is 1.50. The predicted molar refractivity (Wildman–Crippen MR) is 123 cm³/mol. The first-order valence-corrected chi connectivity index (χ1v) is 10.5. The summed E-state index contributed by atoms with van der Waals surface area (Å²) in [5.74, 6) is 0.501. The van der Waals surface area contributed by atoms with Crippen LogP contribution in [-0.4, -0.2) is 18.9 Å². The Morgan fingerprint density at radius 1 is 1.03 bits per heavy atom. The van der Waals surface area contributed by atoms with Gasteiger partial charge in [-0.05, 0) is 48.9 Å². The molecule has 1 heterocycles. The Morgan fingerprint density at radius 2 is 1.84 bits per heavy atom. The Bertz CT molecular complexity index is 1090. The molecule has 162 valence electrons. The van der Waals surface area contributed by atoms with Crippen molar-refractivity contribution in [2.24, 2.45) is 0 Å². The number of anilines is 2. The smallest absolute Gasteiger partial charge is 0.291 e. The zero-order chi connectivity index (χ0) is 22.4. The second kappa shape index (κ2) is 10.4. The molecule has 2 amide bonds. The van der Waals surface area contributed by atoms with E-state index in [0.29, 0.717) is 44.9 Å². The molecule has 8 heteroatoms. The van der Waals surface area contributed by atoms with Crippen LogP contribution in [0.1, 0.15) is 36.7 Å². The summed E-state index contributed by atoms with van der Waals surface area (Å²) in [6, 6.07) is 13.2. The lowest BCUT2D eigenvalue weighted by atomic mass is 10.2. The van der Waals surface area contributed by atoms with Crippen molar-refractivity contribution < 1.29 is 18.7 Å². The van der Waals surface area contributed by atoms with Crippen molar-refractivity contribution in [1.29, 1.82) is 0 Å². The molecule has 0 spiro atoms. The van der Waals surface area contributed by atoms with Crippen molar-refractivity contribution in [1.82, 2.24) is 0 Å². The number of ether oxygens (including phenoxy) is 1. The summed E-state index contributed by atoms with van der Waals surface area (Å²) >= 11 is 12.1. The van der Waals surface area contributed by atoms with E-state index in [-0.39, 0.29) is 11.7 Å². The van der Waals surface area contributed by atoms with E-state index in [1.165, 1.54) is 7.11 Å². The number of amides is 2. The maximum atomic E-state index is 12.6. The van der Waals surface area contributed by atoms with Gasteiger partial charge in [0.05, 0.1) is 17.8 Å². The number of halogens is 2. The van der Waals surface area contributed by atoms with E-state index in [1.54, 1.807) is 48.5 Å². The van der Waals surface area contributed by atoms with Crippen LogP contribution in [0.2, 0.25) is 10.0 Å². The Morgan fingerprint density at radius 3 is 2.55 bits per heavy atom. The molecule has 0 saturated carbocycles.